The van der Waals surface area contributed by atoms with Crippen LogP contribution in [-0.2, 0) is 11.3 Å². The maximum atomic E-state index is 12.9. The Morgan fingerprint density at radius 1 is 1.11 bits per heavy atom. The van der Waals surface area contributed by atoms with Gasteiger partial charge in [-0.2, -0.15) is 0 Å². The molecular formula is C16H18F5N3O2S. The molecule has 1 amide bonds. The highest BCUT2D eigenvalue weighted by atomic mass is 32.5. The lowest BCUT2D eigenvalue weighted by Crippen LogP contribution is -2.14. The average molecular weight is 411 g/mol. The maximum absolute atomic E-state index is 12.9. The number of nitrogen functional groups attached to an aromatic ring is 1. The Kier molecular flexibility index (Phi) is 4.95. The number of hydrogen-bond acceptors (Lipinski definition) is 4. The fourth-order valence-corrected chi connectivity index (χ4v) is 2.87. The zero-order chi connectivity index (χ0) is 20.4. The van der Waals surface area contributed by atoms with Crippen LogP contribution in [0, 0.1) is 0 Å². The average Bonchev–Trinajstić information content (AvgIpc) is 2.54. The minimum absolute atomic E-state index is 0.0213. The lowest BCUT2D eigenvalue weighted by Gasteiger charge is -2.40. The van der Waals surface area contributed by atoms with Crippen molar-refractivity contribution in [2.24, 2.45) is 0 Å². The summed E-state index contributed by atoms with van der Waals surface area (Å²) < 4.78 is 69.0. The Labute approximate surface area is 152 Å². The quantitative estimate of drug-likeness (QED) is 0.396. The van der Waals surface area contributed by atoms with Crippen molar-refractivity contribution in [2.45, 2.75) is 18.4 Å². The highest BCUT2D eigenvalue weighted by Crippen LogP contribution is 3.02. The van der Waals surface area contributed by atoms with E-state index in [-0.39, 0.29) is 24.4 Å². The van der Waals surface area contributed by atoms with Crippen LogP contribution in [0.2, 0.25) is 0 Å². The monoisotopic (exact) mass is 411 g/mol. The third-order valence-corrected chi connectivity index (χ3v) is 4.55. The van der Waals surface area contributed by atoms with Crippen LogP contribution in [-0.4, -0.2) is 12.7 Å². The zero-order valence-corrected chi connectivity index (χ0v) is 15.0. The van der Waals surface area contributed by atoms with Gasteiger partial charge in [-0.05, 0) is 42.8 Å². The molecule has 4 N–H and O–H groups in total. The first-order chi connectivity index (χ1) is 12.3. The largest absolute Gasteiger partial charge is 0.450 e. The molecule has 5 nitrogen and oxygen atoms in total. The van der Waals surface area contributed by atoms with Gasteiger partial charge >= 0.3 is 16.3 Å². The number of nitrogens with two attached hydrogens (primary N) is 1. The Hall–Kier alpha value is -2.69. The third-order valence-electron chi connectivity index (χ3n) is 3.40. The molecule has 0 aromatic heterocycles. The van der Waals surface area contributed by atoms with Crippen LogP contribution in [0.5, 0.6) is 0 Å². The Balaban J connectivity index is 2.10. The van der Waals surface area contributed by atoms with E-state index in [1.807, 2.05) is 0 Å². The number of benzene rings is 2. The van der Waals surface area contributed by atoms with Crippen LogP contribution < -0.4 is 16.4 Å². The van der Waals surface area contributed by atoms with Crippen LogP contribution in [0.3, 0.4) is 0 Å². The van der Waals surface area contributed by atoms with E-state index in [1.165, 1.54) is 24.3 Å². The molecule has 27 heavy (non-hydrogen) atoms. The van der Waals surface area contributed by atoms with Crippen molar-refractivity contribution in [2.75, 3.05) is 23.0 Å². The van der Waals surface area contributed by atoms with E-state index < -0.39 is 21.2 Å². The number of carbonyl (C=O) groups excluding carboxylic acids is 1. The van der Waals surface area contributed by atoms with E-state index in [2.05, 4.69) is 10.6 Å². The van der Waals surface area contributed by atoms with Gasteiger partial charge < -0.3 is 15.8 Å². The van der Waals surface area contributed by atoms with Gasteiger partial charge in [0.25, 0.3) is 0 Å². The Bertz CT molecular complexity index is 859. The van der Waals surface area contributed by atoms with Crippen LogP contribution in [0.25, 0.3) is 0 Å². The van der Waals surface area contributed by atoms with Crippen molar-refractivity contribution in [3.05, 3.63) is 48.0 Å². The van der Waals surface area contributed by atoms with Gasteiger partial charge in [-0.25, -0.2) is 4.79 Å². The van der Waals surface area contributed by atoms with Crippen molar-refractivity contribution in [3.63, 3.8) is 0 Å². The predicted octanol–water partition coefficient (Wildman–Crippen LogP) is 6.11. The van der Waals surface area contributed by atoms with E-state index in [0.29, 0.717) is 23.5 Å². The fourth-order valence-electron chi connectivity index (χ4n) is 2.16. The highest BCUT2D eigenvalue weighted by Gasteiger charge is 2.65. The van der Waals surface area contributed by atoms with Gasteiger partial charge in [0, 0.05) is 12.2 Å². The summed E-state index contributed by atoms with van der Waals surface area (Å²) in [6, 6.07) is 7.40. The number of amides is 1. The standard InChI is InChI=1S/C16H18F5N3O2S/c1-2-26-16(25)24-15-7-6-12(9-14(15)22)23-10-11-4-3-5-13(8-11)27(17,18,19,20)21/h3-9,23H,2,10,22H2,1H3,(H,24,25). The summed E-state index contributed by atoms with van der Waals surface area (Å²) in [7, 11) is -9.72. The van der Waals surface area contributed by atoms with Gasteiger partial charge in [-0.3, -0.25) is 5.32 Å². The first-order valence-electron chi connectivity index (χ1n) is 7.68. The molecule has 0 fully saturated rings. The van der Waals surface area contributed by atoms with Crippen molar-refractivity contribution in [1.82, 2.24) is 0 Å². The number of hydrogen-bond donors (Lipinski definition) is 3. The van der Waals surface area contributed by atoms with E-state index in [1.54, 1.807) is 6.92 Å². The lowest BCUT2D eigenvalue weighted by molar-refractivity contribution is 0.168. The van der Waals surface area contributed by atoms with Crippen molar-refractivity contribution < 1.29 is 29.0 Å². The summed E-state index contributed by atoms with van der Waals surface area (Å²) in [5.74, 6) is 0. The number of halogens is 5. The topological polar surface area (TPSA) is 76.4 Å². The third kappa shape index (κ3) is 5.91. The number of rotatable bonds is 6. The van der Waals surface area contributed by atoms with Crippen LogP contribution in [0.1, 0.15) is 12.5 Å². The molecule has 0 atom stereocenters. The number of nitrogens with one attached hydrogen (secondary N) is 2. The highest BCUT2D eigenvalue weighted by molar-refractivity contribution is 8.45. The zero-order valence-electron chi connectivity index (χ0n) is 14.1. The lowest BCUT2D eigenvalue weighted by atomic mass is 10.2. The maximum Gasteiger partial charge on any atom is 0.411 e. The molecule has 0 aliphatic rings. The molecule has 0 bridgehead atoms. The summed E-state index contributed by atoms with van der Waals surface area (Å²) in [5, 5.41) is 5.21. The Morgan fingerprint density at radius 3 is 2.41 bits per heavy atom. The first-order valence-corrected chi connectivity index (χ1v) is 9.64. The molecule has 0 heterocycles. The van der Waals surface area contributed by atoms with E-state index in [9.17, 15) is 24.2 Å². The van der Waals surface area contributed by atoms with Crippen molar-refractivity contribution >= 4 is 33.4 Å². The minimum atomic E-state index is -9.72. The van der Waals surface area contributed by atoms with E-state index in [4.69, 9.17) is 10.5 Å². The van der Waals surface area contributed by atoms with Gasteiger partial charge in [0.1, 0.15) is 4.90 Å². The van der Waals surface area contributed by atoms with Gasteiger partial charge in [-0.15, -0.1) is 0 Å². The number of anilines is 3. The summed E-state index contributed by atoms with van der Waals surface area (Å²) in [6.07, 6.45) is -0.683. The molecule has 11 heteroatoms. The van der Waals surface area contributed by atoms with Crippen molar-refractivity contribution in [3.8, 4) is 0 Å². The van der Waals surface area contributed by atoms with Crippen LogP contribution in [0.4, 0.5) is 41.3 Å². The smallest absolute Gasteiger partial charge is 0.411 e. The molecule has 0 radical (unpaired) electrons. The SMILES string of the molecule is CCOC(=O)Nc1ccc(NCc2cccc(S(F)(F)(F)(F)F)c2)cc1N. The summed E-state index contributed by atoms with van der Waals surface area (Å²) >= 11 is 0. The fraction of sp³-hybridized carbons (Fsp3) is 0.188. The second kappa shape index (κ2) is 6.48. The molecule has 2 aromatic rings. The molecular weight excluding hydrogens is 393 g/mol. The van der Waals surface area contributed by atoms with Crippen LogP contribution in [0.15, 0.2) is 47.4 Å². The molecule has 2 rings (SSSR count). The molecule has 0 aliphatic carbocycles. The minimum Gasteiger partial charge on any atom is -0.450 e. The van der Waals surface area contributed by atoms with E-state index >= 15 is 0 Å². The summed E-state index contributed by atoms with van der Waals surface area (Å²) in [6.45, 7) is 1.69. The first kappa shape index (κ1) is 20.6. The molecule has 0 saturated heterocycles. The normalized spacial score (nSPS) is 14.0. The predicted molar refractivity (Wildman–Crippen MR) is 96.7 cm³/mol. The molecule has 0 unspecified atom stereocenters. The summed E-state index contributed by atoms with van der Waals surface area (Å²) in [4.78, 5) is 9.43. The molecule has 150 valence electrons. The molecule has 0 spiro atoms. The van der Waals surface area contributed by atoms with Crippen LogP contribution >= 0.6 is 10.2 Å². The number of carbonyl (C=O) groups is 1. The number of ether oxygens (including phenoxy) is 1. The van der Waals surface area contributed by atoms with Crippen molar-refractivity contribution in [1.29, 1.82) is 0 Å². The van der Waals surface area contributed by atoms with Gasteiger partial charge in [0.05, 0.1) is 18.0 Å². The molecule has 0 saturated carbocycles. The Morgan fingerprint density at radius 2 is 1.81 bits per heavy atom. The molecule has 0 aliphatic heterocycles. The van der Waals surface area contributed by atoms with Gasteiger partial charge in [0.15, 0.2) is 0 Å². The van der Waals surface area contributed by atoms with E-state index in [0.717, 1.165) is 6.07 Å². The van der Waals surface area contributed by atoms with Gasteiger partial charge in [-0.1, -0.05) is 31.6 Å². The summed E-state index contributed by atoms with van der Waals surface area (Å²) in [5.41, 5.74) is 6.73. The molecule has 2 aromatic carbocycles. The second-order valence-electron chi connectivity index (χ2n) is 5.62. The second-order valence-corrected chi connectivity index (χ2v) is 8.03. The van der Waals surface area contributed by atoms with Gasteiger partial charge in [0.2, 0.25) is 0 Å².